The maximum atomic E-state index is 13.2. The molecule has 0 amide bonds. The van der Waals surface area contributed by atoms with Crippen LogP contribution in [0.25, 0.3) is 11.1 Å². The van der Waals surface area contributed by atoms with Gasteiger partial charge in [-0.15, -0.1) is 0 Å². The highest BCUT2D eigenvalue weighted by Gasteiger charge is 2.21. The summed E-state index contributed by atoms with van der Waals surface area (Å²) in [6.45, 7) is 1.87. The van der Waals surface area contributed by atoms with E-state index >= 15 is 0 Å². The molecule has 4 rings (SSSR count). The molecule has 0 aliphatic carbocycles. The molecule has 0 radical (unpaired) electrons. The van der Waals surface area contributed by atoms with Gasteiger partial charge in [-0.25, -0.2) is 22.1 Å². The second-order valence-electron chi connectivity index (χ2n) is 8.13. The molecule has 1 N–H and O–H groups in total. The third-order valence-electron chi connectivity index (χ3n) is 5.76. The van der Waals surface area contributed by atoms with Crippen LogP contribution < -0.4 is 4.74 Å². The molecular weight excluding hydrogens is 548 g/mol. The van der Waals surface area contributed by atoms with Gasteiger partial charge in [-0.2, -0.15) is 4.89 Å². The van der Waals surface area contributed by atoms with Crippen LogP contribution in [0.15, 0.2) is 115 Å². The third-order valence-corrected chi connectivity index (χ3v) is 10.2. The molecule has 4 aromatic carbocycles. The summed E-state index contributed by atoms with van der Waals surface area (Å²) in [6.07, 6.45) is 0. The van der Waals surface area contributed by atoms with Gasteiger partial charge in [0.2, 0.25) is 19.7 Å². The van der Waals surface area contributed by atoms with E-state index < -0.39 is 19.7 Å². The van der Waals surface area contributed by atoms with Crippen molar-refractivity contribution < 1.29 is 36.8 Å². The molecular formula is C27H24O8S3. The highest BCUT2D eigenvalue weighted by Crippen LogP contribution is 2.36. The van der Waals surface area contributed by atoms with Crippen LogP contribution in [0, 0.1) is 6.92 Å². The van der Waals surface area contributed by atoms with E-state index in [4.69, 9.17) is 9.99 Å². The Hall–Kier alpha value is -3.19. The summed E-state index contributed by atoms with van der Waals surface area (Å²) in [5.74, 6) is 0.425. The van der Waals surface area contributed by atoms with Crippen LogP contribution in [0.2, 0.25) is 0 Å². The van der Waals surface area contributed by atoms with Gasteiger partial charge in [0.25, 0.3) is 0 Å². The van der Waals surface area contributed by atoms with Crippen molar-refractivity contribution in [2.75, 3.05) is 13.0 Å². The van der Waals surface area contributed by atoms with Crippen molar-refractivity contribution in [1.29, 1.82) is 0 Å². The van der Waals surface area contributed by atoms with Crippen LogP contribution in [0.5, 0.6) is 5.75 Å². The SMILES string of the molecule is COc1ccc(S(=O)(=O)c2ccc(-c3ccc(S(=O)(=O)c4ccc(C)cc4)cc3SCOOO)cc2)cc1. The molecule has 0 aliphatic heterocycles. The summed E-state index contributed by atoms with van der Waals surface area (Å²) >= 11 is 1.10. The molecule has 4 aromatic rings. The Morgan fingerprint density at radius 3 is 1.76 bits per heavy atom. The number of benzene rings is 4. The number of methoxy groups -OCH3 is 1. The molecule has 38 heavy (non-hydrogen) atoms. The average Bonchev–Trinajstić information content (AvgIpc) is 2.93. The molecule has 0 atom stereocenters. The maximum Gasteiger partial charge on any atom is 0.206 e. The van der Waals surface area contributed by atoms with Crippen LogP contribution in [-0.2, 0) is 29.6 Å². The van der Waals surface area contributed by atoms with E-state index in [1.54, 1.807) is 54.6 Å². The molecule has 0 saturated carbocycles. The first kappa shape index (κ1) is 27.8. The molecule has 0 bridgehead atoms. The van der Waals surface area contributed by atoms with Gasteiger partial charge >= 0.3 is 0 Å². The first-order valence-electron chi connectivity index (χ1n) is 11.2. The van der Waals surface area contributed by atoms with Crippen molar-refractivity contribution >= 4 is 31.4 Å². The van der Waals surface area contributed by atoms with E-state index in [1.807, 2.05) is 6.92 Å². The van der Waals surface area contributed by atoms with Crippen LogP contribution in [-0.4, -0.2) is 35.1 Å². The first-order valence-corrected chi connectivity index (χ1v) is 15.1. The van der Waals surface area contributed by atoms with Gasteiger partial charge in [-0.3, -0.25) is 0 Å². The second-order valence-corrected chi connectivity index (χ2v) is 13.0. The summed E-state index contributed by atoms with van der Waals surface area (Å²) < 4.78 is 57.7. The minimum atomic E-state index is -3.79. The fourth-order valence-corrected chi connectivity index (χ4v) is 7.09. The molecule has 8 nitrogen and oxygen atoms in total. The van der Waals surface area contributed by atoms with Crippen molar-refractivity contribution in [3.63, 3.8) is 0 Å². The van der Waals surface area contributed by atoms with E-state index in [9.17, 15) is 16.8 Å². The predicted octanol–water partition coefficient (Wildman–Crippen LogP) is 5.81. The molecule has 0 fully saturated rings. The predicted molar refractivity (Wildman–Crippen MR) is 142 cm³/mol. The van der Waals surface area contributed by atoms with E-state index in [1.165, 1.54) is 43.5 Å². The lowest BCUT2D eigenvalue weighted by atomic mass is 10.1. The molecule has 11 heteroatoms. The van der Waals surface area contributed by atoms with Crippen molar-refractivity contribution in [2.24, 2.45) is 0 Å². The minimum absolute atomic E-state index is 0.0798. The lowest BCUT2D eigenvalue weighted by Crippen LogP contribution is -2.03. The Balaban J connectivity index is 1.70. The van der Waals surface area contributed by atoms with Crippen LogP contribution in [0.3, 0.4) is 0 Å². The second kappa shape index (κ2) is 11.7. The lowest BCUT2D eigenvalue weighted by molar-refractivity contribution is -0.482. The van der Waals surface area contributed by atoms with E-state index in [-0.39, 0.29) is 25.5 Å². The third kappa shape index (κ3) is 5.93. The molecule has 0 saturated heterocycles. The monoisotopic (exact) mass is 572 g/mol. The van der Waals surface area contributed by atoms with Gasteiger partial charge in [-0.1, -0.05) is 52.7 Å². The zero-order valence-electron chi connectivity index (χ0n) is 20.4. The number of sulfone groups is 2. The summed E-state index contributed by atoms with van der Waals surface area (Å²) in [6, 6.07) is 23.6. The number of ether oxygens (including phenoxy) is 1. The Bertz CT molecular complexity index is 1610. The van der Waals surface area contributed by atoms with Gasteiger partial charge in [0, 0.05) is 4.90 Å². The topological polar surface area (TPSA) is 116 Å². The highest BCUT2D eigenvalue weighted by molar-refractivity contribution is 7.99. The molecule has 0 heterocycles. The standard InChI is InChI=1S/C27H24O8S3/c1-19-3-9-22(10-4-19)38(31,32)25-15-16-26(27(17-25)36-18-34-35-28)20-5-11-23(12-6-20)37(29,30)24-13-7-21(33-2)8-14-24/h3-17,28H,18H2,1-2H3. The van der Waals surface area contributed by atoms with Crippen molar-refractivity contribution in [3.8, 4) is 16.9 Å². The molecule has 0 spiro atoms. The van der Waals surface area contributed by atoms with Gasteiger partial charge in [0.1, 0.15) is 11.7 Å². The fourth-order valence-electron chi connectivity index (χ4n) is 3.69. The molecule has 198 valence electrons. The van der Waals surface area contributed by atoms with Crippen molar-refractivity contribution in [3.05, 3.63) is 96.6 Å². The number of thioether (sulfide) groups is 1. The van der Waals surface area contributed by atoms with Crippen molar-refractivity contribution in [2.45, 2.75) is 31.4 Å². The number of hydrogen-bond donors (Lipinski definition) is 1. The summed E-state index contributed by atoms with van der Waals surface area (Å²) in [4.78, 5) is 5.57. The van der Waals surface area contributed by atoms with Crippen LogP contribution in [0.1, 0.15) is 5.56 Å². The Morgan fingerprint density at radius 1 is 0.711 bits per heavy atom. The van der Waals surface area contributed by atoms with E-state index in [0.29, 0.717) is 21.8 Å². The smallest absolute Gasteiger partial charge is 0.206 e. The zero-order valence-corrected chi connectivity index (χ0v) is 22.8. The Morgan fingerprint density at radius 2 is 1.21 bits per heavy atom. The van der Waals surface area contributed by atoms with Gasteiger partial charge in [0.15, 0.2) is 0 Å². The quantitative estimate of drug-likeness (QED) is 0.0826. The van der Waals surface area contributed by atoms with Crippen LogP contribution in [0.4, 0.5) is 0 Å². The number of hydrogen-bond acceptors (Lipinski definition) is 9. The largest absolute Gasteiger partial charge is 0.497 e. The summed E-state index contributed by atoms with van der Waals surface area (Å²) in [5.41, 5.74) is 2.24. The van der Waals surface area contributed by atoms with E-state index in [2.05, 4.69) is 9.93 Å². The summed E-state index contributed by atoms with van der Waals surface area (Å²) in [5, 5.41) is 12.2. The Kier molecular flexibility index (Phi) is 8.56. The number of aryl methyl sites for hydroxylation is 1. The Labute approximate surface area is 225 Å². The maximum absolute atomic E-state index is 13.2. The van der Waals surface area contributed by atoms with Crippen molar-refractivity contribution in [1.82, 2.24) is 0 Å². The van der Waals surface area contributed by atoms with Gasteiger partial charge in [-0.05, 0) is 78.7 Å². The summed E-state index contributed by atoms with van der Waals surface area (Å²) in [7, 11) is -6.05. The van der Waals surface area contributed by atoms with Gasteiger partial charge < -0.3 is 4.74 Å². The normalized spacial score (nSPS) is 11.9. The molecule has 0 aliphatic rings. The minimum Gasteiger partial charge on any atom is -0.497 e. The highest BCUT2D eigenvalue weighted by atomic mass is 32.2. The molecule has 0 aromatic heterocycles. The van der Waals surface area contributed by atoms with E-state index in [0.717, 1.165) is 17.3 Å². The fraction of sp³-hybridized carbons (Fsp3) is 0.111. The first-order chi connectivity index (χ1) is 18.2. The van der Waals surface area contributed by atoms with Crippen LogP contribution >= 0.6 is 11.8 Å². The lowest BCUT2D eigenvalue weighted by Gasteiger charge is -2.13. The number of rotatable bonds is 10. The molecule has 0 unspecified atom stereocenters. The zero-order chi connectivity index (χ0) is 27.3. The average molecular weight is 573 g/mol. The van der Waals surface area contributed by atoms with Gasteiger partial charge in [0.05, 0.1) is 26.7 Å².